The molecule has 24 heavy (non-hydrogen) atoms. The summed E-state index contributed by atoms with van der Waals surface area (Å²) >= 11 is 12.2. The van der Waals surface area contributed by atoms with Crippen LogP contribution >= 0.6 is 59.1 Å². The first-order chi connectivity index (χ1) is 11.4. The third-order valence-corrected chi connectivity index (χ3v) is 8.57. The van der Waals surface area contributed by atoms with Gasteiger partial charge in [-0.2, -0.15) is 0 Å². The Labute approximate surface area is 169 Å². The lowest BCUT2D eigenvalue weighted by atomic mass is 10.1. The molecule has 1 aromatic carbocycles. The zero-order valence-electron chi connectivity index (χ0n) is 13.1. The number of hydrogen-bond donors (Lipinski definition) is 0. The van der Waals surface area contributed by atoms with Crippen LogP contribution in [-0.2, 0) is 6.54 Å². The molecule has 3 aromatic rings. The van der Waals surface area contributed by atoms with Gasteiger partial charge in [0.2, 0.25) is 0 Å². The Morgan fingerprint density at radius 2 is 1.88 bits per heavy atom. The van der Waals surface area contributed by atoms with Crippen LogP contribution in [-0.4, -0.2) is 9.55 Å². The van der Waals surface area contributed by atoms with E-state index in [1.54, 1.807) is 4.57 Å². The Morgan fingerprint density at radius 1 is 1.21 bits per heavy atom. The standard InChI is InChI=1S/C17H15Br3N2OS/c1-9(2)12(18)15-21-16-11(13(19)14(20)24-16)17(23)22(15)8-10-6-4-3-5-7-10/h3-7,9,12H,8H2,1-2H3/t12-/m0/s1. The predicted octanol–water partition coefficient (Wildman–Crippen LogP) is 6.12. The zero-order chi connectivity index (χ0) is 17.4. The molecule has 0 amide bonds. The maximum atomic E-state index is 13.2. The summed E-state index contributed by atoms with van der Waals surface area (Å²) in [6.45, 7) is 4.73. The minimum absolute atomic E-state index is 0.0120. The molecule has 3 nitrogen and oxygen atoms in total. The molecule has 0 N–H and O–H groups in total. The number of rotatable bonds is 4. The average molecular weight is 535 g/mol. The summed E-state index contributed by atoms with van der Waals surface area (Å²) in [4.78, 5) is 18.7. The third-order valence-electron chi connectivity index (χ3n) is 3.76. The molecule has 0 spiro atoms. The van der Waals surface area contributed by atoms with Gasteiger partial charge >= 0.3 is 0 Å². The fourth-order valence-corrected chi connectivity index (χ4v) is 5.00. The second-order valence-corrected chi connectivity index (χ2v) is 9.96. The van der Waals surface area contributed by atoms with Gasteiger partial charge in [-0.15, -0.1) is 11.3 Å². The predicted molar refractivity (Wildman–Crippen MR) is 111 cm³/mol. The fourth-order valence-electron chi connectivity index (χ4n) is 2.47. The Balaban J connectivity index is 2.26. The highest BCUT2D eigenvalue weighted by Gasteiger charge is 2.23. The summed E-state index contributed by atoms with van der Waals surface area (Å²) in [5.74, 6) is 1.09. The van der Waals surface area contributed by atoms with Gasteiger partial charge < -0.3 is 0 Å². The molecule has 0 aliphatic rings. The molecule has 0 saturated carbocycles. The van der Waals surface area contributed by atoms with Crippen LogP contribution in [0.3, 0.4) is 0 Å². The maximum Gasteiger partial charge on any atom is 0.263 e. The van der Waals surface area contributed by atoms with Gasteiger partial charge in [0.1, 0.15) is 10.7 Å². The molecule has 1 atom stereocenters. The summed E-state index contributed by atoms with van der Waals surface area (Å²) < 4.78 is 3.45. The second-order valence-electron chi connectivity index (χ2n) is 5.86. The molecule has 0 saturated heterocycles. The van der Waals surface area contributed by atoms with E-state index in [0.717, 1.165) is 24.5 Å². The lowest BCUT2D eigenvalue weighted by Crippen LogP contribution is -2.27. The van der Waals surface area contributed by atoms with E-state index < -0.39 is 0 Å². The minimum Gasteiger partial charge on any atom is -0.291 e. The van der Waals surface area contributed by atoms with E-state index in [4.69, 9.17) is 4.98 Å². The zero-order valence-corrected chi connectivity index (χ0v) is 18.7. The molecule has 0 fully saturated rings. The van der Waals surface area contributed by atoms with E-state index in [2.05, 4.69) is 61.6 Å². The number of halogens is 3. The number of thiophene rings is 1. The van der Waals surface area contributed by atoms with Gasteiger partial charge in [0.25, 0.3) is 5.56 Å². The van der Waals surface area contributed by atoms with Crippen molar-refractivity contribution in [2.75, 3.05) is 0 Å². The lowest BCUT2D eigenvalue weighted by molar-refractivity contribution is 0.569. The number of benzene rings is 1. The average Bonchev–Trinajstić information content (AvgIpc) is 2.85. The normalized spacial score (nSPS) is 12.9. The van der Waals surface area contributed by atoms with Gasteiger partial charge in [-0.1, -0.05) is 60.1 Å². The SMILES string of the molecule is CC(C)[C@H](Br)c1nc2sc(Br)c(Br)c2c(=O)n1Cc1ccccc1. The molecule has 0 aliphatic carbocycles. The Kier molecular flexibility index (Phi) is 5.64. The van der Waals surface area contributed by atoms with E-state index in [0.29, 0.717) is 17.8 Å². The van der Waals surface area contributed by atoms with E-state index in [1.165, 1.54) is 11.3 Å². The molecular weight excluding hydrogens is 520 g/mol. The van der Waals surface area contributed by atoms with Crippen LogP contribution in [0.5, 0.6) is 0 Å². The highest BCUT2D eigenvalue weighted by Crippen LogP contribution is 2.38. The smallest absolute Gasteiger partial charge is 0.263 e. The summed E-state index contributed by atoms with van der Waals surface area (Å²) in [6, 6.07) is 9.99. The summed E-state index contributed by atoms with van der Waals surface area (Å²) in [7, 11) is 0. The van der Waals surface area contributed by atoms with Crippen molar-refractivity contribution in [3.63, 3.8) is 0 Å². The number of fused-ring (bicyclic) bond motifs is 1. The number of alkyl halides is 1. The van der Waals surface area contributed by atoms with Crippen LogP contribution < -0.4 is 5.56 Å². The Morgan fingerprint density at radius 3 is 2.50 bits per heavy atom. The van der Waals surface area contributed by atoms with Gasteiger partial charge in [0.05, 0.1) is 25.0 Å². The van der Waals surface area contributed by atoms with Crippen LogP contribution in [0.2, 0.25) is 0 Å². The summed E-state index contributed by atoms with van der Waals surface area (Å²) in [5, 5.41) is 0.634. The number of aromatic nitrogens is 2. The van der Waals surface area contributed by atoms with E-state index >= 15 is 0 Å². The Hall–Kier alpha value is -0.500. The highest BCUT2D eigenvalue weighted by molar-refractivity contribution is 9.13. The number of hydrogen-bond acceptors (Lipinski definition) is 3. The highest BCUT2D eigenvalue weighted by atomic mass is 79.9. The molecule has 0 radical (unpaired) electrons. The lowest BCUT2D eigenvalue weighted by Gasteiger charge is -2.19. The van der Waals surface area contributed by atoms with E-state index in [-0.39, 0.29) is 10.4 Å². The topological polar surface area (TPSA) is 34.9 Å². The van der Waals surface area contributed by atoms with Gasteiger partial charge in [-0.05, 0) is 43.3 Å². The van der Waals surface area contributed by atoms with E-state index in [1.807, 2.05) is 30.3 Å². The molecule has 7 heteroatoms. The van der Waals surface area contributed by atoms with Crippen LogP contribution in [0, 0.1) is 5.92 Å². The monoisotopic (exact) mass is 532 g/mol. The molecular formula is C17H15Br3N2OS. The van der Waals surface area contributed by atoms with Crippen molar-refractivity contribution < 1.29 is 0 Å². The van der Waals surface area contributed by atoms with Crippen molar-refractivity contribution >= 4 is 69.3 Å². The third kappa shape index (κ3) is 3.41. The van der Waals surface area contributed by atoms with Gasteiger partial charge in [-0.25, -0.2) is 4.98 Å². The summed E-state index contributed by atoms with van der Waals surface area (Å²) in [5.41, 5.74) is 1.06. The van der Waals surface area contributed by atoms with Crippen molar-refractivity contribution in [2.24, 2.45) is 5.92 Å². The first-order valence-electron chi connectivity index (χ1n) is 7.46. The van der Waals surface area contributed by atoms with Gasteiger partial charge in [0, 0.05) is 0 Å². The molecule has 0 bridgehead atoms. The number of nitrogens with zero attached hydrogens (tertiary/aromatic N) is 2. The first kappa shape index (κ1) is 18.3. The molecule has 0 aliphatic heterocycles. The molecule has 3 rings (SSSR count). The van der Waals surface area contributed by atoms with Crippen LogP contribution in [0.1, 0.15) is 30.1 Å². The van der Waals surface area contributed by atoms with Crippen molar-refractivity contribution in [3.8, 4) is 0 Å². The van der Waals surface area contributed by atoms with Crippen molar-refractivity contribution in [3.05, 3.63) is 60.3 Å². The van der Waals surface area contributed by atoms with Crippen LogP contribution in [0.4, 0.5) is 0 Å². The largest absolute Gasteiger partial charge is 0.291 e. The minimum atomic E-state index is -0.0159. The Bertz CT molecular complexity index is 934. The first-order valence-corrected chi connectivity index (χ1v) is 10.8. The fraction of sp³-hybridized carbons (Fsp3) is 0.294. The quantitative estimate of drug-likeness (QED) is 0.378. The second kappa shape index (κ2) is 7.40. The van der Waals surface area contributed by atoms with Gasteiger partial charge in [-0.3, -0.25) is 9.36 Å². The molecule has 2 heterocycles. The maximum absolute atomic E-state index is 13.2. The molecule has 2 aromatic heterocycles. The summed E-state index contributed by atoms with van der Waals surface area (Å²) in [6.07, 6.45) is 0. The van der Waals surface area contributed by atoms with Crippen molar-refractivity contribution in [2.45, 2.75) is 25.2 Å². The van der Waals surface area contributed by atoms with Gasteiger partial charge in [0.15, 0.2) is 0 Å². The van der Waals surface area contributed by atoms with Crippen LogP contribution in [0.25, 0.3) is 10.2 Å². The van der Waals surface area contributed by atoms with Crippen molar-refractivity contribution in [1.29, 1.82) is 0 Å². The molecule has 0 unspecified atom stereocenters. The van der Waals surface area contributed by atoms with E-state index in [9.17, 15) is 4.79 Å². The van der Waals surface area contributed by atoms with Crippen molar-refractivity contribution in [1.82, 2.24) is 9.55 Å². The van der Waals surface area contributed by atoms with Crippen LogP contribution in [0.15, 0.2) is 43.4 Å². The molecule has 126 valence electrons.